The summed E-state index contributed by atoms with van der Waals surface area (Å²) < 4.78 is 0. The predicted molar refractivity (Wildman–Crippen MR) is 69.9 cm³/mol. The molecule has 2 rings (SSSR count). The van der Waals surface area contributed by atoms with Gasteiger partial charge in [-0.15, -0.1) is 5.92 Å². The molecule has 0 spiro atoms. The molecule has 1 saturated carbocycles. The van der Waals surface area contributed by atoms with E-state index in [4.69, 9.17) is 0 Å². The third kappa shape index (κ3) is 1.53. The molecule has 0 nitrogen and oxygen atoms in total. The zero-order chi connectivity index (χ0) is 11.9. The van der Waals surface area contributed by atoms with Gasteiger partial charge in [0.25, 0.3) is 0 Å². The lowest BCUT2D eigenvalue weighted by molar-refractivity contribution is 0.317. The second kappa shape index (κ2) is 3.95. The van der Waals surface area contributed by atoms with Gasteiger partial charge in [0.05, 0.1) is 0 Å². The lowest BCUT2D eigenvalue weighted by Crippen LogP contribution is -2.26. The molecule has 5 unspecified atom stereocenters. The summed E-state index contributed by atoms with van der Waals surface area (Å²) in [6.45, 7) is 11.5. The second-order valence-electron chi connectivity index (χ2n) is 5.76. The molecule has 16 heavy (non-hydrogen) atoms. The maximum atomic E-state index is 3.51. The van der Waals surface area contributed by atoms with E-state index in [0.29, 0.717) is 5.41 Å². The first kappa shape index (κ1) is 11.8. The molecule has 0 aromatic carbocycles. The van der Waals surface area contributed by atoms with Crippen LogP contribution < -0.4 is 0 Å². The van der Waals surface area contributed by atoms with E-state index in [2.05, 4.69) is 52.5 Å². The highest BCUT2D eigenvalue weighted by molar-refractivity contribution is 5.33. The first-order chi connectivity index (χ1) is 7.56. The smallest absolute Gasteiger partial charge is 0.0352 e. The van der Waals surface area contributed by atoms with Gasteiger partial charge >= 0.3 is 0 Å². The van der Waals surface area contributed by atoms with Crippen molar-refractivity contribution >= 4 is 0 Å². The molecule has 0 bridgehead atoms. The molecule has 0 radical (unpaired) electrons. The molecule has 0 aromatic heterocycles. The van der Waals surface area contributed by atoms with Crippen LogP contribution in [-0.2, 0) is 0 Å². The summed E-state index contributed by atoms with van der Waals surface area (Å²) in [6, 6.07) is 0. The van der Waals surface area contributed by atoms with Crippen molar-refractivity contribution < 1.29 is 0 Å². The first-order valence-electron chi connectivity index (χ1n) is 6.74. The lowest BCUT2D eigenvalue weighted by Gasteiger charge is -2.35. The van der Waals surface area contributed by atoms with Crippen molar-refractivity contribution in [1.82, 2.24) is 0 Å². The van der Waals surface area contributed by atoms with Crippen molar-refractivity contribution in [3.05, 3.63) is 11.6 Å². The Hall–Kier alpha value is -0.700. The fourth-order valence-corrected chi connectivity index (χ4v) is 3.65. The Bertz CT molecular complexity index is 365. The van der Waals surface area contributed by atoms with E-state index in [1.54, 1.807) is 5.57 Å². The van der Waals surface area contributed by atoms with Gasteiger partial charge in [-0.2, -0.15) is 0 Å². The van der Waals surface area contributed by atoms with Gasteiger partial charge in [-0.05, 0) is 43.9 Å². The van der Waals surface area contributed by atoms with Crippen LogP contribution in [0.25, 0.3) is 0 Å². The molecule has 0 heterocycles. The Morgan fingerprint density at radius 3 is 2.56 bits per heavy atom. The van der Waals surface area contributed by atoms with E-state index >= 15 is 0 Å². The van der Waals surface area contributed by atoms with E-state index < -0.39 is 0 Å². The summed E-state index contributed by atoms with van der Waals surface area (Å²) in [5, 5.41) is 0. The number of hydrogen-bond acceptors (Lipinski definition) is 0. The average Bonchev–Trinajstić information content (AvgIpc) is 2.76. The van der Waals surface area contributed by atoms with E-state index in [9.17, 15) is 0 Å². The Labute approximate surface area is 101 Å². The van der Waals surface area contributed by atoms with Gasteiger partial charge in [0.2, 0.25) is 0 Å². The fraction of sp³-hybridized carbons (Fsp3) is 0.750. The van der Waals surface area contributed by atoms with Crippen LogP contribution in [0.3, 0.4) is 0 Å². The van der Waals surface area contributed by atoms with Crippen LogP contribution in [0.4, 0.5) is 0 Å². The standard InChI is InChI=1S/C16H24/c1-6-8-9-16(5)12(4)15(16)14-10-11(3)13(14)7-2/h10,12-15H,6-7H2,1-5H3. The average molecular weight is 216 g/mol. The minimum absolute atomic E-state index is 0.311. The van der Waals surface area contributed by atoms with E-state index in [-0.39, 0.29) is 0 Å². The molecule has 0 aliphatic heterocycles. The van der Waals surface area contributed by atoms with Crippen LogP contribution in [0.2, 0.25) is 0 Å². The van der Waals surface area contributed by atoms with Crippen LogP contribution in [0, 0.1) is 40.9 Å². The molecule has 2 aliphatic rings. The highest BCUT2D eigenvalue weighted by Gasteiger charge is 2.62. The minimum Gasteiger partial charge on any atom is -0.103 e. The molecular formula is C16H24. The molecule has 2 aliphatic carbocycles. The number of hydrogen-bond donors (Lipinski definition) is 0. The third-order valence-electron chi connectivity index (χ3n) is 4.96. The zero-order valence-electron chi connectivity index (χ0n) is 11.3. The van der Waals surface area contributed by atoms with Crippen LogP contribution in [0.15, 0.2) is 11.6 Å². The summed E-state index contributed by atoms with van der Waals surface area (Å²) in [5.41, 5.74) is 1.92. The van der Waals surface area contributed by atoms with E-state index in [0.717, 1.165) is 30.1 Å². The van der Waals surface area contributed by atoms with Crippen LogP contribution in [0.1, 0.15) is 47.5 Å². The molecule has 0 heteroatoms. The van der Waals surface area contributed by atoms with Crippen molar-refractivity contribution in [2.24, 2.45) is 29.1 Å². The molecule has 88 valence electrons. The van der Waals surface area contributed by atoms with Crippen molar-refractivity contribution in [1.29, 1.82) is 0 Å². The fourth-order valence-electron chi connectivity index (χ4n) is 3.65. The Kier molecular flexibility index (Phi) is 2.91. The topological polar surface area (TPSA) is 0 Å². The lowest BCUT2D eigenvalue weighted by atomic mass is 9.70. The Balaban J connectivity index is 2.09. The Morgan fingerprint density at radius 1 is 1.38 bits per heavy atom. The number of rotatable bonds is 2. The van der Waals surface area contributed by atoms with Gasteiger partial charge in [0.15, 0.2) is 0 Å². The highest BCUT2D eigenvalue weighted by Crippen LogP contribution is 2.65. The van der Waals surface area contributed by atoms with Crippen LogP contribution >= 0.6 is 0 Å². The zero-order valence-corrected chi connectivity index (χ0v) is 11.3. The highest BCUT2D eigenvalue weighted by atomic mass is 14.6. The van der Waals surface area contributed by atoms with Crippen molar-refractivity contribution in [3.63, 3.8) is 0 Å². The SMILES string of the molecule is CCC#CC1(C)C(C)C1C1C=C(C)C1CC. The van der Waals surface area contributed by atoms with Crippen molar-refractivity contribution in [3.8, 4) is 11.8 Å². The van der Waals surface area contributed by atoms with Crippen LogP contribution in [0.5, 0.6) is 0 Å². The second-order valence-corrected chi connectivity index (χ2v) is 5.76. The maximum Gasteiger partial charge on any atom is 0.0352 e. The molecule has 0 amide bonds. The normalized spacial score (nSPS) is 45.2. The minimum atomic E-state index is 0.311. The first-order valence-corrected chi connectivity index (χ1v) is 6.74. The molecular weight excluding hydrogens is 192 g/mol. The van der Waals surface area contributed by atoms with Gasteiger partial charge in [-0.1, -0.05) is 38.3 Å². The molecule has 5 atom stereocenters. The van der Waals surface area contributed by atoms with Gasteiger partial charge < -0.3 is 0 Å². The Morgan fingerprint density at radius 2 is 2.06 bits per heavy atom. The summed E-state index contributed by atoms with van der Waals surface area (Å²) >= 11 is 0. The third-order valence-corrected chi connectivity index (χ3v) is 4.96. The predicted octanol–water partition coefficient (Wildman–Crippen LogP) is 4.27. The van der Waals surface area contributed by atoms with Gasteiger partial charge in [-0.25, -0.2) is 0 Å². The van der Waals surface area contributed by atoms with E-state index in [1.165, 1.54) is 6.42 Å². The summed E-state index contributed by atoms with van der Waals surface area (Å²) in [7, 11) is 0. The summed E-state index contributed by atoms with van der Waals surface area (Å²) in [4.78, 5) is 0. The monoisotopic (exact) mass is 216 g/mol. The van der Waals surface area contributed by atoms with Crippen molar-refractivity contribution in [2.75, 3.05) is 0 Å². The van der Waals surface area contributed by atoms with Gasteiger partial charge in [-0.3, -0.25) is 0 Å². The largest absolute Gasteiger partial charge is 0.103 e. The molecule has 0 aromatic rings. The summed E-state index contributed by atoms with van der Waals surface area (Å²) in [6.07, 6.45) is 4.79. The van der Waals surface area contributed by atoms with Gasteiger partial charge in [0.1, 0.15) is 0 Å². The molecule has 0 saturated heterocycles. The van der Waals surface area contributed by atoms with E-state index in [1.807, 2.05) is 0 Å². The summed E-state index contributed by atoms with van der Waals surface area (Å²) in [5.74, 6) is 10.1. The number of allylic oxidation sites excluding steroid dienone is 2. The quantitative estimate of drug-likeness (QED) is 0.477. The van der Waals surface area contributed by atoms with Gasteiger partial charge in [0, 0.05) is 11.8 Å². The van der Waals surface area contributed by atoms with Crippen molar-refractivity contribution in [2.45, 2.75) is 47.5 Å². The van der Waals surface area contributed by atoms with Crippen LogP contribution in [-0.4, -0.2) is 0 Å². The molecule has 0 N–H and O–H groups in total. The molecule has 1 fully saturated rings. The maximum absolute atomic E-state index is 3.51.